The molecule has 0 radical (unpaired) electrons. The number of nitrogens with one attached hydrogen (secondary N) is 1. The van der Waals surface area contributed by atoms with E-state index in [9.17, 15) is 24.3 Å². The quantitative estimate of drug-likeness (QED) is 0.298. The van der Waals surface area contributed by atoms with Crippen LogP contribution in [0.1, 0.15) is 36.7 Å². The number of aromatic nitrogens is 2. The molecule has 9 nitrogen and oxygen atoms in total. The number of aromatic carboxylic acids is 1. The van der Waals surface area contributed by atoms with Gasteiger partial charge in [0.05, 0.1) is 19.6 Å². The van der Waals surface area contributed by atoms with Gasteiger partial charge in [-0.05, 0) is 35.7 Å². The molecule has 2 heterocycles. The van der Waals surface area contributed by atoms with E-state index in [1.54, 1.807) is 26.2 Å². The fourth-order valence-corrected chi connectivity index (χ4v) is 4.45. The number of amides is 1. The van der Waals surface area contributed by atoms with Crippen LogP contribution < -0.4 is 56.0 Å². The van der Waals surface area contributed by atoms with Gasteiger partial charge in [0.1, 0.15) is 15.5 Å². The first kappa shape index (κ1) is 26.4. The number of carbonyl (C=O) groups is 2. The molecule has 0 unspecified atom stereocenters. The number of ether oxygens (including phenoxy) is 1. The Kier molecular flexibility index (Phi) is 8.34. The third kappa shape index (κ3) is 5.57. The van der Waals surface area contributed by atoms with Crippen molar-refractivity contribution in [2.45, 2.75) is 20.0 Å². The Labute approximate surface area is 225 Å². The van der Waals surface area contributed by atoms with Crippen molar-refractivity contribution in [2.24, 2.45) is 0 Å². The summed E-state index contributed by atoms with van der Waals surface area (Å²) < 4.78 is 7.47. The second-order valence-corrected chi connectivity index (χ2v) is 8.62. The van der Waals surface area contributed by atoms with E-state index in [-0.39, 0.29) is 47.6 Å². The van der Waals surface area contributed by atoms with E-state index in [0.29, 0.717) is 33.1 Å². The fraction of sp³-hybridized carbons (Fsp3) is 0.167. The summed E-state index contributed by atoms with van der Waals surface area (Å²) in [6.45, 7) is 1.85. The SMILES string of the molecule is COc1ccc(CNC(=O)c2cn3c(=O)n(Cc4ccc(C(=O)[O-])cc4)c(=O)c(C)c3s2)cc1.[Na+]. The molecule has 2 aromatic heterocycles. The minimum absolute atomic E-state index is 0. The number of carboxylic acids is 1. The first-order valence-electron chi connectivity index (χ1n) is 10.3. The Morgan fingerprint density at radius 2 is 1.66 bits per heavy atom. The number of rotatable bonds is 7. The van der Waals surface area contributed by atoms with Crippen molar-refractivity contribution < 1.29 is 49.0 Å². The number of thiazole rings is 1. The Hall–Kier alpha value is -3.18. The number of carboxylic acid groups (broad SMARTS) is 1. The smallest absolute Gasteiger partial charge is 0.545 e. The molecule has 4 rings (SSSR count). The number of methoxy groups -OCH3 is 1. The molecule has 0 bridgehead atoms. The maximum absolute atomic E-state index is 13.0. The van der Waals surface area contributed by atoms with E-state index in [4.69, 9.17) is 4.74 Å². The van der Waals surface area contributed by atoms with E-state index >= 15 is 0 Å². The van der Waals surface area contributed by atoms with Crippen LogP contribution in [0.4, 0.5) is 0 Å². The molecular weight excluding hydrogens is 481 g/mol. The fourth-order valence-electron chi connectivity index (χ4n) is 3.45. The van der Waals surface area contributed by atoms with Crippen molar-refractivity contribution in [3.8, 4) is 5.75 Å². The van der Waals surface area contributed by atoms with E-state index in [0.717, 1.165) is 21.5 Å². The summed E-state index contributed by atoms with van der Waals surface area (Å²) in [6.07, 6.45) is 1.42. The van der Waals surface area contributed by atoms with Crippen LogP contribution in [0.5, 0.6) is 5.75 Å². The van der Waals surface area contributed by atoms with Gasteiger partial charge in [0, 0.05) is 18.3 Å². The normalized spacial score (nSPS) is 10.6. The Balaban J connectivity index is 0.00000342. The third-order valence-corrected chi connectivity index (χ3v) is 6.57. The molecule has 1 amide bonds. The molecule has 0 saturated carbocycles. The number of hydrogen-bond acceptors (Lipinski definition) is 7. The van der Waals surface area contributed by atoms with Crippen molar-refractivity contribution >= 4 is 28.0 Å². The summed E-state index contributed by atoms with van der Waals surface area (Å²) in [5.74, 6) is -0.955. The van der Waals surface area contributed by atoms with Crippen LogP contribution >= 0.6 is 11.3 Å². The summed E-state index contributed by atoms with van der Waals surface area (Å²) >= 11 is 1.07. The molecule has 11 heteroatoms. The third-order valence-electron chi connectivity index (χ3n) is 5.36. The molecule has 0 aliphatic rings. The molecule has 35 heavy (non-hydrogen) atoms. The topological polar surface area (TPSA) is 122 Å². The Morgan fingerprint density at radius 1 is 1.03 bits per heavy atom. The average molecular weight is 501 g/mol. The van der Waals surface area contributed by atoms with Crippen LogP contribution in [0.3, 0.4) is 0 Å². The van der Waals surface area contributed by atoms with Crippen LogP contribution in [0.15, 0.2) is 64.3 Å². The predicted octanol–water partition coefficient (Wildman–Crippen LogP) is -1.81. The maximum atomic E-state index is 13.0. The standard InChI is InChI=1S/C24H21N3O6S.Na/c1-14-21(29)26(12-16-3-7-17(8-4-16)23(30)31)24(32)27-13-19(34-22(14)27)20(28)25-11-15-5-9-18(33-2)10-6-15;/h3-10,13H,11-12H2,1-2H3,(H,25,28)(H,30,31);/q;+1/p-1. The first-order chi connectivity index (χ1) is 16.3. The monoisotopic (exact) mass is 501 g/mol. The van der Waals surface area contributed by atoms with Gasteiger partial charge in [0.2, 0.25) is 0 Å². The summed E-state index contributed by atoms with van der Waals surface area (Å²) in [5, 5.41) is 13.7. The molecule has 4 aromatic rings. The minimum atomic E-state index is -1.31. The number of carbonyl (C=O) groups excluding carboxylic acids is 2. The van der Waals surface area contributed by atoms with Crippen molar-refractivity contribution in [1.29, 1.82) is 0 Å². The summed E-state index contributed by atoms with van der Waals surface area (Å²) in [6, 6.07) is 13.0. The molecule has 0 atom stereocenters. The van der Waals surface area contributed by atoms with Crippen LogP contribution in [0.25, 0.3) is 4.83 Å². The maximum Gasteiger partial charge on any atom is 1.00 e. The van der Waals surface area contributed by atoms with Gasteiger partial charge in [0.15, 0.2) is 0 Å². The minimum Gasteiger partial charge on any atom is -0.545 e. The number of aryl methyl sites for hydroxylation is 1. The van der Waals surface area contributed by atoms with Crippen LogP contribution in [-0.2, 0) is 13.1 Å². The summed E-state index contributed by atoms with van der Waals surface area (Å²) in [4.78, 5) is 50.2. The van der Waals surface area contributed by atoms with E-state index in [1.807, 2.05) is 12.1 Å². The molecule has 0 spiro atoms. The van der Waals surface area contributed by atoms with Gasteiger partial charge in [-0.25, -0.2) is 4.79 Å². The molecule has 0 aliphatic carbocycles. The first-order valence-corrected chi connectivity index (χ1v) is 11.1. The number of benzene rings is 2. The van der Waals surface area contributed by atoms with Gasteiger partial charge in [-0.2, -0.15) is 0 Å². The Morgan fingerprint density at radius 3 is 2.26 bits per heavy atom. The summed E-state index contributed by atoms with van der Waals surface area (Å²) in [7, 11) is 1.58. The molecule has 1 N–H and O–H groups in total. The van der Waals surface area contributed by atoms with Gasteiger partial charge >= 0.3 is 35.2 Å². The molecule has 0 fully saturated rings. The Bertz CT molecular complexity index is 1500. The second kappa shape index (κ2) is 11.0. The molecular formula is C24H20N3NaO6S. The second-order valence-electron chi connectivity index (χ2n) is 7.58. The van der Waals surface area contributed by atoms with E-state index < -0.39 is 17.2 Å². The average Bonchev–Trinajstić information content (AvgIpc) is 3.30. The van der Waals surface area contributed by atoms with Crippen LogP contribution in [0.2, 0.25) is 0 Å². The number of fused-ring (bicyclic) bond motifs is 1. The van der Waals surface area contributed by atoms with Crippen LogP contribution in [0, 0.1) is 6.92 Å². The van der Waals surface area contributed by atoms with Gasteiger partial charge < -0.3 is 20.0 Å². The van der Waals surface area contributed by atoms with Gasteiger partial charge in [-0.3, -0.25) is 18.6 Å². The van der Waals surface area contributed by atoms with Crippen molar-refractivity contribution in [1.82, 2.24) is 14.3 Å². The van der Waals surface area contributed by atoms with Gasteiger partial charge in [0.25, 0.3) is 11.5 Å². The van der Waals surface area contributed by atoms with Crippen molar-refractivity contribution in [2.75, 3.05) is 7.11 Å². The molecule has 0 saturated heterocycles. The zero-order valence-electron chi connectivity index (χ0n) is 19.4. The van der Waals surface area contributed by atoms with E-state index in [1.165, 1.54) is 34.9 Å². The predicted molar refractivity (Wildman–Crippen MR) is 125 cm³/mol. The number of hydrogen-bond donors (Lipinski definition) is 1. The number of nitrogens with zero attached hydrogens (tertiary/aromatic N) is 2. The zero-order valence-corrected chi connectivity index (χ0v) is 22.2. The van der Waals surface area contributed by atoms with Crippen molar-refractivity contribution in [3.05, 3.63) is 103 Å². The van der Waals surface area contributed by atoms with Gasteiger partial charge in [-0.1, -0.05) is 36.4 Å². The molecule has 2 aromatic carbocycles. The van der Waals surface area contributed by atoms with Gasteiger partial charge in [-0.15, -0.1) is 11.3 Å². The largest absolute Gasteiger partial charge is 1.00 e. The molecule has 0 aliphatic heterocycles. The van der Waals surface area contributed by atoms with E-state index in [2.05, 4.69) is 5.32 Å². The van der Waals surface area contributed by atoms with Crippen LogP contribution in [-0.4, -0.2) is 28.0 Å². The summed E-state index contributed by atoms with van der Waals surface area (Å²) in [5.41, 5.74) is 0.748. The van der Waals surface area contributed by atoms with Crippen molar-refractivity contribution in [3.63, 3.8) is 0 Å². The zero-order chi connectivity index (χ0) is 24.4. The molecule has 174 valence electrons.